The maximum absolute atomic E-state index is 11.8. The number of hydrogen-bond acceptors (Lipinski definition) is 3. The van der Waals surface area contributed by atoms with Gasteiger partial charge in [0, 0.05) is 38.2 Å². The minimum atomic E-state index is 0.0450. The highest BCUT2D eigenvalue weighted by Gasteiger charge is 2.23. The Kier molecular flexibility index (Phi) is 3.64. The first-order valence-electron chi connectivity index (χ1n) is 5.82. The van der Waals surface area contributed by atoms with Crippen LogP contribution in [0.4, 0.5) is 0 Å². The number of benzene rings is 1. The Morgan fingerprint density at radius 2 is 2.18 bits per heavy atom. The third kappa shape index (κ3) is 2.58. The zero-order chi connectivity index (χ0) is 12.3. The number of para-hydroxylation sites is 1. The summed E-state index contributed by atoms with van der Waals surface area (Å²) in [6.45, 7) is 1.56. The highest BCUT2D eigenvalue weighted by atomic mass is 16.5. The fraction of sp³-hybridized carbons (Fsp3) is 0.462. The lowest BCUT2D eigenvalue weighted by Gasteiger charge is -2.18. The molecule has 1 saturated heterocycles. The largest absolute Gasteiger partial charge is 0.496 e. The highest BCUT2D eigenvalue weighted by molar-refractivity contribution is 5.77. The minimum Gasteiger partial charge on any atom is -0.496 e. The van der Waals surface area contributed by atoms with Crippen molar-refractivity contribution < 1.29 is 9.53 Å². The van der Waals surface area contributed by atoms with Gasteiger partial charge in [0.05, 0.1) is 7.11 Å². The molecule has 0 bridgehead atoms. The topological polar surface area (TPSA) is 41.6 Å². The van der Waals surface area contributed by atoms with E-state index in [2.05, 4.69) is 5.32 Å². The van der Waals surface area contributed by atoms with Crippen LogP contribution < -0.4 is 10.1 Å². The first-order chi connectivity index (χ1) is 8.22. The molecule has 4 nitrogen and oxygen atoms in total. The third-order valence-corrected chi connectivity index (χ3v) is 3.16. The van der Waals surface area contributed by atoms with Gasteiger partial charge in [0.1, 0.15) is 5.75 Å². The SMILES string of the molecule is COc1ccccc1C1CC(=O)N(C)CCN1. The molecule has 1 heterocycles. The summed E-state index contributed by atoms with van der Waals surface area (Å²) in [6.07, 6.45) is 0.483. The molecule has 1 aromatic carbocycles. The van der Waals surface area contributed by atoms with E-state index in [-0.39, 0.29) is 11.9 Å². The lowest BCUT2D eigenvalue weighted by atomic mass is 10.0. The molecule has 0 spiro atoms. The molecule has 1 unspecified atom stereocenters. The summed E-state index contributed by atoms with van der Waals surface area (Å²) >= 11 is 0. The lowest BCUT2D eigenvalue weighted by Crippen LogP contribution is -2.27. The van der Waals surface area contributed by atoms with Crippen LogP contribution in [0, 0.1) is 0 Å². The molecule has 17 heavy (non-hydrogen) atoms. The van der Waals surface area contributed by atoms with Gasteiger partial charge in [0.25, 0.3) is 0 Å². The van der Waals surface area contributed by atoms with Gasteiger partial charge in [0.15, 0.2) is 0 Å². The van der Waals surface area contributed by atoms with Gasteiger partial charge in [0.2, 0.25) is 5.91 Å². The van der Waals surface area contributed by atoms with Crippen molar-refractivity contribution in [3.05, 3.63) is 29.8 Å². The van der Waals surface area contributed by atoms with Gasteiger partial charge >= 0.3 is 0 Å². The third-order valence-electron chi connectivity index (χ3n) is 3.16. The Balaban J connectivity index is 2.23. The van der Waals surface area contributed by atoms with Crippen molar-refractivity contribution in [2.75, 3.05) is 27.2 Å². The Morgan fingerprint density at radius 1 is 1.41 bits per heavy atom. The first-order valence-corrected chi connectivity index (χ1v) is 5.82. The maximum Gasteiger partial charge on any atom is 0.224 e. The van der Waals surface area contributed by atoms with Crippen LogP contribution >= 0.6 is 0 Å². The summed E-state index contributed by atoms with van der Waals surface area (Å²) in [5.41, 5.74) is 1.05. The summed E-state index contributed by atoms with van der Waals surface area (Å²) < 4.78 is 5.34. The van der Waals surface area contributed by atoms with Gasteiger partial charge in [-0.25, -0.2) is 0 Å². The Bertz CT molecular complexity index is 406. The molecule has 0 aliphatic carbocycles. The summed E-state index contributed by atoms with van der Waals surface area (Å²) in [5.74, 6) is 1.01. The van der Waals surface area contributed by atoms with Crippen molar-refractivity contribution in [1.29, 1.82) is 0 Å². The lowest BCUT2D eigenvalue weighted by molar-refractivity contribution is -0.129. The van der Waals surface area contributed by atoms with Crippen molar-refractivity contribution in [3.63, 3.8) is 0 Å². The van der Waals surface area contributed by atoms with E-state index < -0.39 is 0 Å². The smallest absolute Gasteiger partial charge is 0.224 e. The molecule has 1 atom stereocenters. The summed E-state index contributed by atoms with van der Waals surface area (Å²) in [6, 6.07) is 7.89. The molecule has 1 N–H and O–H groups in total. The molecule has 1 aliphatic heterocycles. The molecular weight excluding hydrogens is 216 g/mol. The molecule has 1 aliphatic rings. The van der Waals surface area contributed by atoms with E-state index in [4.69, 9.17) is 4.74 Å². The molecule has 2 rings (SSSR count). The van der Waals surface area contributed by atoms with Crippen LogP contribution in [-0.4, -0.2) is 38.1 Å². The molecule has 4 heteroatoms. The van der Waals surface area contributed by atoms with Gasteiger partial charge in [-0.15, -0.1) is 0 Å². The Hall–Kier alpha value is -1.55. The quantitative estimate of drug-likeness (QED) is 0.835. The predicted octanol–water partition coefficient (Wildman–Crippen LogP) is 1.19. The van der Waals surface area contributed by atoms with Crippen LogP contribution in [0.3, 0.4) is 0 Å². The first kappa shape index (κ1) is 11.9. The minimum absolute atomic E-state index is 0.0450. The fourth-order valence-corrected chi connectivity index (χ4v) is 2.11. The molecule has 0 aromatic heterocycles. The van der Waals surface area contributed by atoms with Gasteiger partial charge < -0.3 is 15.0 Å². The standard InChI is InChI=1S/C13H18N2O2/c1-15-8-7-14-11(9-13(15)16)10-5-3-4-6-12(10)17-2/h3-6,11,14H,7-9H2,1-2H3. The number of methoxy groups -OCH3 is 1. The Morgan fingerprint density at radius 3 is 2.94 bits per heavy atom. The van der Waals surface area contributed by atoms with Crippen molar-refractivity contribution in [3.8, 4) is 5.75 Å². The van der Waals surface area contributed by atoms with Crippen LogP contribution in [0.15, 0.2) is 24.3 Å². The van der Waals surface area contributed by atoms with Crippen molar-refractivity contribution >= 4 is 5.91 Å². The molecular formula is C13H18N2O2. The van der Waals surface area contributed by atoms with Gasteiger partial charge in [-0.3, -0.25) is 4.79 Å². The Labute approximate surface area is 102 Å². The molecule has 0 saturated carbocycles. The van der Waals surface area contributed by atoms with E-state index in [1.165, 1.54) is 0 Å². The summed E-state index contributed by atoms with van der Waals surface area (Å²) in [7, 11) is 3.50. The van der Waals surface area contributed by atoms with E-state index in [1.54, 1.807) is 12.0 Å². The average molecular weight is 234 g/mol. The number of carbonyl (C=O) groups is 1. The zero-order valence-electron chi connectivity index (χ0n) is 10.3. The monoisotopic (exact) mass is 234 g/mol. The van der Waals surface area contributed by atoms with Crippen LogP contribution in [0.25, 0.3) is 0 Å². The van der Waals surface area contributed by atoms with E-state index in [9.17, 15) is 4.79 Å². The number of hydrogen-bond donors (Lipinski definition) is 1. The van der Waals surface area contributed by atoms with Crippen molar-refractivity contribution in [2.24, 2.45) is 0 Å². The average Bonchev–Trinajstić information content (AvgIpc) is 2.52. The van der Waals surface area contributed by atoms with E-state index in [0.717, 1.165) is 24.4 Å². The normalized spacial score (nSPS) is 21.2. The van der Waals surface area contributed by atoms with Gasteiger partial charge in [-0.2, -0.15) is 0 Å². The van der Waals surface area contributed by atoms with Crippen molar-refractivity contribution in [1.82, 2.24) is 10.2 Å². The van der Waals surface area contributed by atoms with Crippen molar-refractivity contribution in [2.45, 2.75) is 12.5 Å². The molecule has 0 radical (unpaired) electrons. The van der Waals surface area contributed by atoms with E-state index in [1.807, 2.05) is 31.3 Å². The molecule has 92 valence electrons. The number of amides is 1. The number of carbonyl (C=O) groups excluding carboxylic acids is 1. The van der Waals surface area contributed by atoms with Crippen LogP contribution in [-0.2, 0) is 4.79 Å². The van der Waals surface area contributed by atoms with Gasteiger partial charge in [-0.05, 0) is 6.07 Å². The van der Waals surface area contributed by atoms with Gasteiger partial charge in [-0.1, -0.05) is 18.2 Å². The molecule has 1 fully saturated rings. The summed E-state index contributed by atoms with van der Waals surface area (Å²) in [5, 5.41) is 3.39. The second kappa shape index (κ2) is 5.19. The number of rotatable bonds is 2. The number of ether oxygens (including phenoxy) is 1. The second-order valence-corrected chi connectivity index (χ2v) is 4.27. The second-order valence-electron chi connectivity index (χ2n) is 4.27. The van der Waals surface area contributed by atoms with Crippen LogP contribution in [0.2, 0.25) is 0 Å². The molecule has 1 amide bonds. The number of nitrogens with zero attached hydrogens (tertiary/aromatic N) is 1. The highest BCUT2D eigenvalue weighted by Crippen LogP contribution is 2.28. The molecule has 1 aromatic rings. The summed E-state index contributed by atoms with van der Waals surface area (Å²) in [4.78, 5) is 13.6. The maximum atomic E-state index is 11.8. The van der Waals surface area contributed by atoms with E-state index >= 15 is 0 Å². The number of likely N-dealkylation sites (N-methyl/N-ethyl adjacent to an activating group) is 1. The number of nitrogens with one attached hydrogen (secondary N) is 1. The van der Waals surface area contributed by atoms with Crippen LogP contribution in [0.5, 0.6) is 5.75 Å². The van der Waals surface area contributed by atoms with Crippen LogP contribution in [0.1, 0.15) is 18.0 Å². The fourth-order valence-electron chi connectivity index (χ4n) is 2.11. The zero-order valence-corrected chi connectivity index (χ0v) is 10.3. The van der Waals surface area contributed by atoms with E-state index in [0.29, 0.717) is 6.42 Å². The predicted molar refractivity (Wildman–Crippen MR) is 66.0 cm³/mol.